The normalized spacial score (nSPS) is 13.2. The van der Waals surface area contributed by atoms with E-state index >= 15 is 0 Å². The Labute approximate surface area is 149 Å². The summed E-state index contributed by atoms with van der Waals surface area (Å²) in [4.78, 5) is 11.1. The van der Waals surface area contributed by atoms with Gasteiger partial charge in [-0.3, -0.25) is 0 Å². The maximum Gasteiger partial charge on any atom is 0.191 e. The van der Waals surface area contributed by atoms with Crippen molar-refractivity contribution in [3.8, 4) is 0 Å². The number of aliphatic hydroxyl groups excluding tert-OH is 1. The van der Waals surface area contributed by atoms with E-state index in [9.17, 15) is 5.11 Å². The third-order valence-corrected chi connectivity index (χ3v) is 5.56. The lowest BCUT2D eigenvalue weighted by atomic mass is 10.3. The van der Waals surface area contributed by atoms with E-state index in [0.717, 1.165) is 22.1 Å². The molecule has 5 nitrogen and oxygen atoms in total. The Morgan fingerprint density at radius 1 is 1.35 bits per heavy atom. The molecule has 0 bridgehead atoms. The molecule has 0 saturated heterocycles. The lowest BCUT2D eigenvalue weighted by Gasteiger charge is -2.14. The minimum atomic E-state index is -0.610. The molecule has 2 rings (SSSR count). The number of rotatable bonds is 6. The lowest BCUT2D eigenvalue weighted by Crippen LogP contribution is -2.39. The van der Waals surface area contributed by atoms with Gasteiger partial charge in [-0.25, -0.2) is 9.98 Å². The van der Waals surface area contributed by atoms with Crippen molar-refractivity contribution in [3.63, 3.8) is 0 Å². The van der Waals surface area contributed by atoms with Crippen LogP contribution in [0.5, 0.6) is 0 Å². The summed E-state index contributed by atoms with van der Waals surface area (Å²) in [6.07, 6.45) is -0.610. The average molecular weight is 373 g/mol. The van der Waals surface area contributed by atoms with Gasteiger partial charge >= 0.3 is 0 Å². The molecule has 0 saturated carbocycles. The quantitative estimate of drug-likeness (QED) is 0.537. The van der Waals surface area contributed by atoms with E-state index in [0.29, 0.717) is 23.4 Å². The first-order chi connectivity index (χ1) is 11.0. The molecule has 0 aromatic carbocycles. The zero-order valence-electron chi connectivity index (χ0n) is 13.4. The number of thiophene rings is 1. The molecule has 1 atom stereocenters. The summed E-state index contributed by atoms with van der Waals surface area (Å²) in [6.45, 7) is 7.72. The summed E-state index contributed by atoms with van der Waals surface area (Å²) in [6, 6.07) is 3.63. The molecule has 0 aliphatic carbocycles. The number of aliphatic hydroxyl groups is 1. The monoisotopic (exact) mass is 372 g/mol. The van der Waals surface area contributed by atoms with Crippen LogP contribution in [0.3, 0.4) is 0 Å². The fraction of sp³-hybridized carbons (Fsp3) is 0.467. The number of nitrogens with one attached hydrogen (secondary N) is 2. The highest BCUT2D eigenvalue weighted by Crippen LogP contribution is 2.26. The average Bonchev–Trinajstić information content (AvgIpc) is 3.08. The van der Waals surface area contributed by atoms with Crippen molar-refractivity contribution < 1.29 is 5.11 Å². The number of aromatic nitrogens is 1. The van der Waals surface area contributed by atoms with Crippen LogP contribution in [0.2, 0.25) is 4.34 Å². The van der Waals surface area contributed by atoms with Crippen LogP contribution in [0.25, 0.3) is 0 Å². The van der Waals surface area contributed by atoms with Crippen molar-refractivity contribution in [2.24, 2.45) is 4.99 Å². The molecule has 0 aliphatic rings. The first-order valence-corrected chi connectivity index (χ1v) is 9.39. The predicted octanol–water partition coefficient (Wildman–Crippen LogP) is 3.26. The Morgan fingerprint density at radius 3 is 2.70 bits per heavy atom. The minimum absolute atomic E-state index is 0.374. The van der Waals surface area contributed by atoms with E-state index < -0.39 is 6.10 Å². The molecule has 0 spiro atoms. The highest BCUT2D eigenvalue weighted by molar-refractivity contribution is 7.16. The van der Waals surface area contributed by atoms with Crippen LogP contribution >= 0.6 is 34.3 Å². The summed E-state index contributed by atoms with van der Waals surface area (Å²) in [5.74, 6) is 0.666. The second-order valence-electron chi connectivity index (χ2n) is 4.98. The van der Waals surface area contributed by atoms with Gasteiger partial charge in [-0.1, -0.05) is 11.6 Å². The van der Waals surface area contributed by atoms with Crippen molar-refractivity contribution in [2.75, 3.05) is 13.1 Å². The second-order valence-corrected chi connectivity index (χ2v) is 8.02. The topological polar surface area (TPSA) is 69.5 Å². The van der Waals surface area contributed by atoms with E-state index in [1.54, 1.807) is 17.4 Å². The lowest BCUT2D eigenvalue weighted by molar-refractivity contribution is 0.184. The Balaban J connectivity index is 1.93. The highest BCUT2D eigenvalue weighted by Gasteiger charge is 2.11. The molecule has 2 heterocycles. The molecule has 0 radical (unpaired) electrons. The standard InChI is InChI=1S/C15H21ClN4OS2/c1-4-17-15(19-8-14-20-9(2)10(3)22-14)18-7-11(21)12-5-6-13(16)23-12/h5-6,11,21H,4,7-8H2,1-3H3,(H2,17,18,19). The van der Waals surface area contributed by atoms with Crippen molar-refractivity contribution in [3.05, 3.63) is 36.9 Å². The molecule has 23 heavy (non-hydrogen) atoms. The van der Waals surface area contributed by atoms with Crippen molar-refractivity contribution in [1.29, 1.82) is 0 Å². The van der Waals surface area contributed by atoms with Crippen LogP contribution in [0.4, 0.5) is 0 Å². The van der Waals surface area contributed by atoms with Crippen molar-refractivity contribution in [1.82, 2.24) is 15.6 Å². The van der Waals surface area contributed by atoms with Gasteiger partial charge in [0, 0.05) is 22.8 Å². The van der Waals surface area contributed by atoms with Gasteiger partial charge in [-0.2, -0.15) is 0 Å². The largest absolute Gasteiger partial charge is 0.386 e. The molecule has 2 aromatic rings. The summed E-state index contributed by atoms with van der Waals surface area (Å²) in [5.41, 5.74) is 1.06. The molecule has 3 N–H and O–H groups in total. The van der Waals surface area contributed by atoms with Gasteiger partial charge in [0.15, 0.2) is 5.96 Å². The van der Waals surface area contributed by atoms with Crippen LogP contribution in [-0.2, 0) is 6.54 Å². The summed E-state index contributed by atoms with van der Waals surface area (Å²) in [5, 5.41) is 17.5. The molecule has 126 valence electrons. The minimum Gasteiger partial charge on any atom is -0.386 e. The van der Waals surface area contributed by atoms with Crippen LogP contribution in [0.15, 0.2) is 17.1 Å². The fourth-order valence-electron chi connectivity index (χ4n) is 1.90. The van der Waals surface area contributed by atoms with Gasteiger partial charge in [0.2, 0.25) is 0 Å². The number of hydrogen-bond acceptors (Lipinski definition) is 5. The molecular weight excluding hydrogens is 352 g/mol. The van der Waals surface area contributed by atoms with E-state index in [2.05, 4.69) is 27.5 Å². The number of aliphatic imine (C=N–C) groups is 1. The van der Waals surface area contributed by atoms with Gasteiger partial charge in [0.1, 0.15) is 11.1 Å². The van der Waals surface area contributed by atoms with Gasteiger partial charge in [0.25, 0.3) is 0 Å². The Morgan fingerprint density at radius 2 is 2.13 bits per heavy atom. The summed E-state index contributed by atoms with van der Waals surface area (Å²) >= 11 is 8.94. The maximum atomic E-state index is 10.2. The zero-order valence-corrected chi connectivity index (χ0v) is 15.8. The zero-order chi connectivity index (χ0) is 16.8. The molecule has 2 aromatic heterocycles. The van der Waals surface area contributed by atoms with Crippen LogP contribution in [0, 0.1) is 13.8 Å². The number of aryl methyl sites for hydroxylation is 2. The molecule has 8 heteroatoms. The second kappa shape index (κ2) is 8.63. The number of nitrogens with zero attached hydrogens (tertiary/aromatic N) is 2. The number of guanidine groups is 1. The molecule has 0 aliphatic heterocycles. The smallest absolute Gasteiger partial charge is 0.191 e. The maximum absolute atomic E-state index is 10.2. The SMILES string of the molecule is CCNC(=NCc1nc(C)c(C)s1)NCC(O)c1ccc(Cl)s1. The Kier molecular flexibility index (Phi) is 6.83. The highest BCUT2D eigenvalue weighted by atomic mass is 35.5. The third-order valence-electron chi connectivity index (χ3n) is 3.17. The van der Waals surface area contributed by atoms with E-state index in [1.807, 2.05) is 19.9 Å². The molecular formula is C15H21ClN4OS2. The van der Waals surface area contributed by atoms with Gasteiger partial charge in [-0.15, -0.1) is 22.7 Å². The number of hydrogen-bond donors (Lipinski definition) is 3. The van der Waals surface area contributed by atoms with Gasteiger partial charge in [0.05, 0.1) is 16.6 Å². The van der Waals surface area contributed by atoms with E-state index in [-0.39, 0.29) is 0 Å². The van der Waals surface area contributed by atoms with E-state index in [4.69, 9.17) is 11.6 Å². The molecule has 0 amide bonds. The fourth-order valence-corrected chi connectivity index (χ4v) is 3.80. The number of thiazole rings is 1. The predicted molar refractivity (Wildman–Crippen MR) is 98.7 cm³/mol. The Bertz CT molecular complexity index is 649. The first kappa shape index (κ1) is 18.2. The summed E-state index contributed by atoms with van der Waals surface area (Å²) < 4.78 is 0.675. The van der Waals surface area contributed by atoms with Crippen molar-refractivity contribution >= 4 is 40.2 Å². The molecule has 0 fully saturated rings. The van der Waals surface area contributed by atoms with Gasteiger partial charge in [-0.05, 0) is 32.9 Å². The van der Waals surface area contributed by atoms with Crippen molar-refractivity contribution in [2.45, 2.75) is 33.4 Å². The number of halogens is 1. The van der Waals surface area contributed by atoms with Gasteiger partial charge < -0.3 is 15.7 Å². The first-order valence-electron chi connectivity index (χ1n) is 7.38. The van der Waals surface area contributed by atoms with Crippen LogP contribution in [0.1, 0.15) is 33.5 Å². The van der Waals surface area contributed by atoms with Crippen LogP contribution < -0.4 is 10.6 Å². The third kappa shape index (κ3) is 5.46. The molecule has 1 unspecified atom stereocenters. The summed E-state index contributed by atoms with van der Waals surface area (Å²) in [7, 11) is 0. The van der Waals surface area contributed by atoms with Crippen LogP contribution in [-0.4, -0.2) is 29.1 Å². The Hall–Kier alpha value is -1.15. The van der Waals surface area contributed by atoms with E-state index in [1.165, 1.54) is 16.2 Å².